The van der Waals surface area contributed by atoms with Gasteiger partial charge in [-0.1, -0.05) is 0 Å². The van der Waals surface area contributed by atoms with E-state index in [9.17, 15) is 0 Å². The van der Waals surface area contributed by atoms with E-state index in [2.05, 4.69) is 5.43 Å². The van der Waals surface area contributed by atoms with E-state index in [0.717, 1.165) is 46.6 Å². The van der Waals surface area contributed by atoms with Crippen LogP contribution in [0.2, 0.25) is 0 Å². The predicted molar refractivity (Wildman–Crippen MR) is 79.3 cm³/mol. The van der Waals surface area contributed by atoms with Crippen molar-refractivity contribution in [2.75, 3.05) is 19.6 Å². The van der Waals surface area contributed by atoms with Gasteiger partial charge >= 0.3 is 0 Å². The highest BCUT2D eigenvalue weighted by Gasteiger charge is 2.20. The zero-order chi connectivity index (χ0) is 14.1. The van der Waals surface area contributed by atoms with Gasteiger partial charge in [0.2, 0.25) is 0 Å². The van der Waals surface area contributed by atoms with E-state index >= 15 is 0 Å². The lowest BCUT2D eigenvalue weighted by Crippen LogP contribution is -2.15. The molecular weight excluding hydrogens is 254 g/mol. The highest BCUT2D eigenvalue weighted by atomic mass is 16.5. The number of ether oxygens (including phenoxy) is 2. The van der Waals surface area contributed by atoms with Crippen LogP contribution in [0.3, 0.4) is 0 Å². The van der Waals surface area contributed by atoms with Crippen molar-refractivity contribution in [2.24, 2.45) is 5.84 Å². The fourth-order valence-electron chi connectivity index (χ4n) is 2.93. The number of benzene rings is 1. The average molecular weight is 273 g/mol. The summed E-state index contributed by atoms with van der Waals surface area (Å²) in [5.41, 5.74) is 6.99. The number of hydrogen-bond acceptors (Lipinski definition) is 5. The molecule has 0 aliphatic heterocycles. The third-order valence-electron chi connectivity index (χ3n) is 3.90. The Bertz CT molecular complexity index is 655. The highest BCUT2D eigenvalue weighted by Crippen LogP contribution is 2.39. The van der Waals surface area contributed by atoms with Crippen molar-refractivity contribution >= 4 is 16.6 Å². The van der Waals surface area contributed by atoms with Crippen molar-refractivity contribution in [1.29, 1.82) is 0 Å². The molecule has 20 heavy (non-hydrogen) atoms. The summed E-state index contributed by atoms with van der Waals surface area (Å²) >= 11 is 0. The molecule has 106 valence electrons. The van der Waals surface area contributed by atoms with Crippen molar-refractivity contribution in [3.63, 3.8) is 0 Å². The first-order valence-electron chi connectivity index (χ1n) is 6.82. The molecule has 0 fully saturated rings. The molecule has 0 saturated heterocycles. The first-order valence-corrected chi connectivity index (χ1v) is 6.82. The van der Waals surface area contributed by atoms with Crippen molar-refractivity contribution in [3.05, 3.63) is 23.4 Å². The molecule has 1 heterocycles. The molecule has 0 spiro atoms. The lowest BCUT2D eigenvalue weighted by molar-refractivity contribution is 0.398. The van der Waals surface area contributed by atoms with Gasteiger partial charge in [-0.05, 0) is 31.2 Å². The van der Waals surface area contributed by atoms with E-state index < -0.39 is 0 Å². The molecule has 0 radical (unpaired) electrons. The summed E-state index contributed by atoms with van der Waals surface area (Å²) in [5, 5.41) is 0.927. The molecule has 0 unspecified atom stereocenters. The SMILES string of the molecule is COc1cc(OC)c2c(NN)c3c(nc2c1)CCCC3. The first kappa shape index (κ1) is 13.0. The number of nitrogens with two attached hydrogens (primary N) is 1. The number of aryl methyl sites for hydroxylation is 1. The van der Waals surface area contributed by atoms with Crippen LogP contribution in [0, 0.1) is 0 Å². The van der Waals surface area contributed by atoms with Gasteiger partial charge < -0.3 is 14.9 Å². The number of hydrogen-bond donors (Lipinski definition) is 2. The second-order valence-corrected chi connectivity index (χ2v) is 4.99. The fraction of sp³-hybridized carbons (Fsp3) is 0.400. The van der Waals surface area contributed by atoms with Crippen LogP contribution in [0.25, 0.3) is 10.9 Å². The molecule has 0 saturated carbocycles. The van der Waals surface area contributed by atoms with Crippen LogP contribution < -0.4 is 20.7 Å². The Labute approximate surface area is 118 Å². The number of hydrazine groups is 1. The Morgan fingerprint density at radius 3 is 2.65 bits per heavy atom. The molecule has 5 heteroatoms. The number of nitrogen functional groups attached to an aromatic ring is 1. The summed E-state index contributed by atoms with van der Waals surface area (Å²) in [5.74, 6) is 7.24. The van der Waals surface area contributed by atoms with Crippen LogP contribution in [0.4, 0.5) is 5.69 Å². The molecule has 5 nitrogen and oxygen atoms in total. The topological polar surface area (TPSA) is 69.4 Å². The van der Waals surface area contributed by atoms with E-state index in [0.29, 0.717) is 0 Å². The Hall–Kier alpha value is -2.01. The van der Waals surface area contributed by atoms with Crippen molar-refractivity contribution in [2.45, 2.75) is 25.7 Å². The molecule has 3 rings (SSSR count). The van der Waals surface area contributed by atoms with Crippen LogP contribution in [0.1, 0.15) is 24.1 Å². The van der Waals surface area contributed by atoms with Gasteiger partial charge in [-0.3, -0.25) is 10.8 Å². The summed E-state index contributed by atoms with van der Waals surface area (Å²) in [4.78, 5) is 4.79. The average Bonchev–Trinajstić information content (AvgIpc) is 2.51. The predicted octanol–water partition coefficient (Wildman–Crippen LogP) is 2.42. The first-order chi connectivity index (χ1) is 9.78. The largest absolute Gasteiger partial charge is 0.497 e. The number of pyridine rings is 1. The molecule has 2 aromatic rings. The van der Waals surface area contributed by atoms with Crippen LogP contribution in [0.15, 0.2) is 12.1 Å². The lowest BCUT2D eigenvalue weighted by atomic mass is 9.92. The van der Waals surface area contributed by atoms with Gasteiger partial charge in [-0.2, -0.15) is 0 Å². The molecule has 1 aliphatic carbocycles. The Morgan fingerprint density at radius 1 is 1.15 bits per heavy atom. The quantitative estimate of drug-likeness (QED) is 0.664. The standard InChI is InChI=1S/C15H19N3O2/c1-19-9-7-12-14(13(8-9)20-2)15(18-16)10-5-3-4-6-11(10)17-12/h7-8H,3-6,16H2,1-2H3,(H,17,18). The van der Waals surface area contributed by atoms with E-state index in [1.807, 2.05) is 12.1 Å². The molecule has 1 aromatic heterocycles. The van der Waals surface area contributed by atoms with Gasteiger partial charge in [-0.15, -0.1) is 0 Å². The fourth-order valence-corrected chi connectivity index (χ4v) is 2.93. The monoisotopic (exact) mass is 273 g/mol. The summed E-state index contributed by atoms with van der Waals surface area (Å²) in [7, 11) is 3.29. The Kier molecular flexibility index (Phi) is 3.36. The van der Waals surface area contributed by atoms with Crippen LogP contribution in [0.5, 0.6) is 11.5 Å². The number of aromatic nitrogens is 1. The normalized spacial score (nSPS) is 13.9. The zero-order valence-corrected chi connectivity index (χ0v) is 11.8. The zero-order valence-electron chi connectivity index (χ0n) is 11.8. The van der Waals surface area contributed by atoms with Gasteiger partial charge in [0.25, 0.3) is 0 Å². The lowest BCUT2D eigenvalue weighted by Gasteiger charge is -2.21. The van der Waals surface area contributed by atoms with E-state index in [-0.39, 0.29) is 0 Å². The van der Waals surface area contributed by atoms with Crippen LogP contribution in [-0.4, -0.2) is 19.2 Å². The molecule has 0 bridgehead atoms. The van der Waals surface area contributed by atoms with Crippen molar-refractivity contribution in [3.8, 4) is 11.5 Å². The van der Waals surface area contributed by atoms with Gasteiger partial charge in [0, 0.05) is 17.8 Å². The van der Waals surface area contributed by atoms with Gasteiger partial charge in [-0.25, -0.2) is 0 Å². The maximum Gasteiger partial charge on any atom is 0.134 e. The van der Waals surface area contributed by atoms with E-state index in [4.69, 9.17) is 20.3 Å². The summed E-state index contributed by atoms with van der Waals surface area (Å²) in [6, 6.07) is 3.79. The van der Waals surface area contributed by atoms with Crippen molar-refractivity contribution < 1.29 is 9.47 Å². The third kappa shape index (κ3) is 1.94. The Balaban J connectivity index is 2.36. The smallest absolute Gasteiger partial charge is 0.134 e. The number of fused-ring (bicyclic) bond motifs is 2. The number of anilines is 1. The van der Waals surface area contributed by atoms with E-state index in [1.165, 1.54) is 18.4 Å². The van der Waals surface area contributed by atoms with Crippen LogP contribution in [-0.2, 0) is 12.8 Å². The third-order valence-corrected chi connectivity index (χ3v) is 3.90. The Morgan fingerprint density at radius 2 is 1.95 bits per heavy atom. The molecule has 3 N–H and O–H groups in total. The molecule has 0 amide bonds. The minimum Gasteiger partial charge on any atom is -0.497 e. The molecular formula is C15H19N3O2. The minimum absolute atomic E-state index is 0.730. The molecule has 1 aliphatic rings. The number of nitrogens with zero attached hydrogens (tertiary/aromatic N) is 1. The number of rotatable bonds is 3. The van der Waals surface area contributed by atoms with E-state index in [1.54, 1.807) is 14.2 Å². The maximum atomic E-state index is 5.77. The highest BCUT2D eigenvalue weighted by molar-refractivity contribution is 5.99. The summed E-state index contributed by atoms with van der Waals surface area (Å²) in [6.45, 7) is 0. The summed E-state index contributed by atoms with van der Waals surface area (Å²) < 4.78 is 10.8. The molecule has 1 aromatic carbocycles. The van der Waals surface area contributed by atoms with Gasteiger partial charge in [0.15, 0.2) is 0 Å². The number of methoxy groups -OCH3 is 2. The van der Waals surface area contributed by atoms with Crippen molar-refractivity contribution in [1.82, 2.24) is 4.98 Å². The van der Waals surface area contributed by atoms with Gasteiger partial charge in [0.1, 0.15) is 11.5 Å². The molecule has 0 atom stereocenters. The maximum absolute atomic E-state index is 5.77. The minimum atomic E-state index is 0.730. The van der Waals surface area contributed by atoms with Gasteiger partial charge in [0.05, 0.1) is 30.8 Å². The summed E-state index contributed by atoms with van der Waals surface area (Å²) in [6.07, 6.45) is 4.36. The second kappa shape index (κ2) is 5.17. The van der Waals surface area contributed by atoms with Crippen LogP contribution >= 0.6 is 0 Å². The number of nitrogens with one attached hydrogen (secondary N) is 1. The second-order valence-electron chi connectivity index (χ2n) is 4.99.